The van der Waals surface area contributed by atoms with E-state index < -0.39 is 9.76 Å². The SMILES string of the molecule is CC(C)=C[SiH2]OCC(C)O. The monoisotopic (exact) mass is 160 g/mol. The van der Waals surface area contributed by atoms with Gasteiger partial charge in [-0.1, -0.05) is 11.3 Å². The maximum Gasteiger partial charge on any atom is 0.185 e. The molecule has 1 unspecified atom stereocenters. The summed E-state index contributed by atoms with van der Waals surface area (Å²) in [4.78, 5) is 0. The van der Waals surface area contributed by atoms with Gasteiger partial charge in [-0.2, -0.15) is 0 Å². The van der Waals surface area contributed by atoms with Crippen molar-refractivity contribution in [3.63, 3.8) is 0 Å². The van der Waals surface area contributed by atoms with E-state index in [0.717, 1.165) is 0 Å². The highest BCUT2D eigenvalue weighted by atomic mass is 28.2. The van der Waals surface area contributed by atoms with Crippen LogP contribution in [0, 0.1) is 0 Å². The summed E-state index contributed by atoms with van der Waals surface area (Å²) in [7, 11) is -0.501. The highest BCUT2D eigenvalue weighted by Gasteiger charge is 1.92. The number of allylic oxidation sites excluding steroid dienone is 1. The molecule has 0 aliphatic heterocycles. The molecular weight excluding hydrogens is 144 g/mol. The van der Waals surface area contributed by atoms with Crippen LogP contribution in [0.2, 0.25) is 0 Å². The molecule has 0 aromatic carbocycles. The summed E-state index contributed by atoms with van der Waals surface area (Å²) < 4.78 is 5.22. The Morgan fingerprint density at radius 1 is 1.70 bits per heavy atom. The van der Waals surface area contributed by atoms with Crippen molar-refractivity contribution >= 4 is 9.76 Å². The largest absolute Gasteiger partial charge is 0.417 e. The predicted molar refractivity (Wildman–Crippen MR) is 45.6 cm³/mol. The molecule has 0 aromatic rings. The van der Waals surface area contributed by atoms with Crippen LogP contribution in [0.4, 0.5) is 0 Å². The summed E-state index contributed by atoms with van der Waals surface area (Å²) in [6.07, 6.45) is -0.321. The fourth-order valence-corrected chi connectivity index (χ4v) is 1.39. The van der Waals surface area contributed by atoms with E-state index in [1.165, 1.54) is 5.57 Å². The molecule has 2 nitrogen and oxygen atoms in total. The van der Waals surface area contributed by atoms with Crippen LogP contribution in [0.25, 0.3) is 0 Å². The average molecular weight is 160 g/mol. The Morgan fingerprint density at radius 2 is 2.30 bits per heavy atom. The number of hydrogen-bond donors (Lipinski definition) is 1. The number of rotatable bonds is 4. The molecule has 0 saturated heterocycles. The van der Waals surface area contributed by atoms with Crippen molar-refractivity contribution in [2.24, 2.45) is 0 Å². The van der Waals surface area contributed by atoms with Crippen molar-refractivity contribution in [1.29, 1.82) is 0 Å². The molecule has 0 rings (SSSR count). The fourth-order valence-electron chi connectivity index (χ4n) is 0.464. The highest BCUT2D eigenvalue weighted by molar-refractivity contribution is 6.34. The quantitative estimate of drug-likeness (QED) is 0.476. The minimum absolute atomic E-state index is 0.321. The van der Waals surface area contributed by atoms with Crippen LogP contribution in [-0.4, -0.2) is 27.6 Å². The van der Waals surface area contributed by atoms with Crippen molar-refractivity contribution in [1.82, 2.24) is 0 Å². The molecular formula is C7H16O2Si. The number of aliphatic hydroxyl groups excluding tert-OH is 1. The Kier molecular flexibility index (Phi) is 5.58. The molecule has 0 radical (unpaired) electrons. The highest BCUT2D eigenvalue weighted by Crippen LogP contribution is 1.87. The van der Waals surface area contributed by atoms with E-state index >= 15 is 0 Å². The first-order valence-electron chi connectivity index (χ1n) is 3.52. The fraction of sp³-hybridized carbons (Fsp3) is 0.714. The predicted octanol–water partition coefficient (Wildman–Crippen LogP) is 0.391. The maximum absolute atomic E-state index is 8.79. The Labute approximate surface area is 64.8 Å². The first kappa shape index (κ1) is 9.88. The second-order valence-electron chi connectivity index (χ2n) is 2.67. The molecule has 0 aliphatic carbocycles. The van der Waals surface area contributed by atoms with Crippen LogP contribution in [0.3, 0.4) is 0 Å². The summed E-state index contributed by atoms with van der Waals surface area (Å²) in [5.74, 6) is 0. The molecule has 0 aromatic heterocycles. The molecule has 0 spiro atoms. The summed E-state index contributed by atoms with van der Waals surface area (Å²) in [6.45, 7) is 6.32. The normalized spacial score (nSPS) is 14.0. The minimum Gasteiger partial charge on any atom is -0.417 e. The second-order valence-corrected chi connectivity index (χ2v) is 3.82. The van der Waals surface area contributed by atoms with Gasteiger partial charge in [-0.15, -0.1) is 0 Å². The van der Waals surface area contributed by atoms with Gasteiger partial charge < -0.3 is 9.53 Å². The zero-order valence-corrected chi connectivity index (χ0v) is 8.34. The second kappa shape index (κ2) is 5.65. The topological polar surface area (TPSA) is 29.5 Å². The molecule has 3 heteroatoms. The van der Waals surface area contributed by atoms with Gasteiger partial charge in [-0.25, -0.2) is 0 Å². The first-order chi connectivity index (χ1) is 4.63. The van der Waals surface area contributed by atoms with Crippen LogP contribution in [0.5, 0.6) is 0 Å². The van der Waals surface area contributed by atoms with Gasteiger partial charge in [-0.05, 0) is 20.8 Å². The molecule has 10 heavy (non-hydrogen) atoms. The van der Waals surface area contributed by atoms with E-state index in [1.54, 1.807) is 6.92 Å². The molecule has 0 aliphatic rings. The summed E-state index contributed by atoms with van der Waals surface area (Å²) >= 11 is 0. The van der Waals surface area contributed by atoms with Crippen molar-refractivity contribution in [3.8, 4) is 0 Å². The van der Waals surface area contributed by atoms with E-state index in [-0.39, 0.29) is 6.10 Å². The first-order valence-corrected chi connectivity index (χ1v) is 4.91. The summed E-state index contributed by atoms with van der Waals surface area (Å²) in [6, 6.07) is 0. The Morgan fingerprint density at radius 3 is 2.70 bits per heavy atom. The molecule has 1 atom stereocenters. The molecule has 0 bridgehead atoms. The van der Waals surface area contributed by atoms with Crippen LogP contribution < -0.4 is 0 Å². The molecule has 60 valence electrons. The third-order valence-electron chi connectivity index (χ3n) is 0.968. The summed E-state index contributed by atoms with van der Waals surface area (Å²) in [5.41, 5.74) is 3.43. The van der Waals surface area contributed by atoms with Gasteiger partial charge in [0.05, 0.1) is 12.7 Å². The number of hydrogen-bond acceptors (Lipinski definition) is 2. The zero-order valence-electron chi connectivity index (χ0n) is 6.92. The lowest BCUT2D eigenvalue weighted by molar-refractivity contribution is 0.126. The van der Waals surface area contributed by atoms with Gasteiger partial charge in [-0.3, -0.25) is 0 Å². The lowest BCUT2D eigenvalue weighted by atomic mass is 10.4. The van der Waals surface area contributed by atoms with Gasteiger partial charge in [0.1, 0.15) is 0 Å². The Bertz CT molecular complexity index is 106. The lowest BCUT2D eigenvalue weighted by Crippen LogP contribution is -2.11. The Hall–Kier alpha value is -0.123. The van der Waals surface area contributed by atoms with Crippen LogP contribution in [0.15, 0.2) is 11.3 Å². The minimum atomic E-state index is -0.501. The van der Waals surface area contributed by atoms with E-state index in [4.69, 9.17) is 9.53 Å². The molecule has 0 fully saturated rings. The summed E-state index contributed by atoms with van der Waals surface area (Å²) in [5, 5.41) is 8.79. The molecule has 0 amide bonds. The third kappa shape index (κ3) is 7.88. The number of aliphatic hydroxyl groups is 1. The van der Waals surface area contributed by atoms with Crippen molar-refractivity contribution in [3.05, 3.63) is 11.3 Å². The van der Waals surface area contributed by atoms with Crippen LogP contribution in [0.1, 0.15) is 20.8 Å². The smallest absolute Gasteiger partial charge is 0.185 e. The van der Waals surface area contributed by atoms with Gasteiger partial charge >= 0.3 is 0 Å². The van der Waals surface area contributed by atoms with Crippen molar-refractivity contribution in [2.45, 2.75) is 26.9 Å². The average Bonchev–Trinajstić information content (AvgIpc) is 1.79. The van der Waals surface area contributed by atoms with E-state index in [1.807, 2.05) is 0 Å². The van der Waals surface area contributed by atoms with Crippen molar-refractivity contribution in [2.75, 3.05) is 6.61 Å². The van der Waals surface area contributed by atoms with Gasteiger partial charge in [0.2, 0.25) is 0 Å². The van der Waals surface area contributed by atoms with E-state index in [9.17, 15) is 0 Å². The standard InChI is InChI=1S/C7H16O2Si/c1-6(2)5-10-9-4-7(3)8/h5,7-8H,4,10H2,1-3H3. The van der Waals surface area contributed by atoms with E-state index in [0.29, 0.717) is 6.61 Å². The van der Waals surface area contributed by atoms with E-state index in [2.05, 4.69) is 19.5 Å². The van der Waals surface area contributed by atoms with Gasteiger partial charge in [0, 0.05) is 0 Å². The zero-order chi connectivity index (χ0) is 7.98. The van der Waals surface area contributed by atoms with Crippen LogP contribution in [-0.2, 0) is 4.43 Å². The lowest BCUT2D eigenvalue weighted by Gasteiger charge is -2.02. The maximum atomic E-state index is 8.79. The van der Waals surface area contributed by atoms with Crippen LogP contribution >= 0.6 is 0 Å². The van der Waals surface area contributed by atoms with Gasteiger partial charge in [0.25, 0.3) is 0 Å². The Balaban J connectivity index is 3.13. The third-order valence-corrected chi connectivity index (χ3v) is 2.42. The van der Waals surface area contributed by atoms with Gasteiger partial charge in [0.15, 0.2) is 9.76 Å². The molecule has 0 heterocycles. The molecule has 1 N–H and O–H groups in total. The molecule has 0 saturated carbocycles. The van der Waals surface area contributed by atoms with Crippen molar-refractivity contribution < 1.29 is 9.53 Å².